The number of carbonyl (C=O) groups is 1. The van der Waals surface area contributed by atoms with Gasteiger partial charge in [0.1, 0.15) is 6.17 Å². The maximum absolute atomic E-state index is 13.6. The zero-order chi connectivity index (χ0) is 13.5. The number of carboxylic acid groups (broad SMARTS) is 1. The van der Waals surface area contributed by atoms with E-state index in [0.717, 1.165) is 13.0 Å². The molecule has 1 fully saturated rings. The van der Waals surface area contributed by atoms with Gasteiger partial charge in [-0.25, -0.2) is 4.39 Å². The summed E-state index contributed by atoms with van der Waals surface area (Å²) < 4.78 is 18.9. The van der Waals surface area contributed by atoms with Crippen molar-refractivity contribution < 1.29 is 19.0 Å². The number of aliphatic carboxylic acids is 1. The van der Waals surface area contributed by atoms with Crippen molar-refractivity contribution in [1.29, 1.82) is 0 Å². The molecule has 1 heterocycles. The van der Waals surface area contributed by atoms with Crippen molar-refractivity contribution in [2.24, 2.45) is 5.92 Å². The molecule has 5 heteroatoms. The average Bonchev–Trinajstić information content (AvgIpc) is 2.32. The van der Waals surface area contributed by atoms with E-state index in [9.17, 15) is 9.18 Å². The van der Waals surface area contributed by atoms with Crippen molar-refractivity contribution in [3.05, 3.63) is 0 Å². The number of nitrogens with zero attached hydrogens (tertiary/aromatic N) is 1. The molecule has 1 N–H and O–H groups in total. The molecule has 3 atom stereocenters. The Morgan fingerprint density at radius 3 is 2.89 bits per heavy atom. The second-order valence-corrected chi connectivity index (χ2v) is 5.13. The van der Waals surface area contributed by atoms with E-state index in [-0.39, 0.29) is 18.9 Å². The van der Waals surface area contributed by atoms with Crippen LogP contribution in [0.2, 0.25) is 0 Å². The number of likely N-dealkylation sites (tertiary alicyclic amines) is 1. The molecule has 1 saturated heterocycles. The predicted octanol–water partition coefficient (Wildman–Crippen LogP) is 1.94. The molecule has 4 nitrogen and oxygen atoms in total. The van der Waals surface area contributed by atoms with Crippen LogP contribution in [0.3, 0.4) is 0 Å². The summed E-state index contributed by atoms with van der Waals surface area (Å²) in [5, 5.41) is 8.49. The molecule has 0 bridgehead atoms. The summed E-state index contributed by atoms with van der Waals surface area (Å²) in [4.78, 5) is 12.5. The standard InChI is InChI=1S/C13H24FNO3/c1-3-10(2)15-7-11(6-12(14)8-15)9-18-5-4-13(16)17/h10-12H,3-9H2,1-2H3,(H,16,17). The van der Waals surface area contributed by atoms with E-state index in [0.29, 0.717) is 25.6 Å². The van der Waals surface area contributed by atoms with Gasteiger partial charge in [-0.1, -0.05) is 6.92 Å². The van der Waals surface area contributed by atoms with Crippen LogP contribution >= 0.6 is 0 Å². The van der Waals surface area contributed by atoms with E-state index in [4.69, 9.17) is 9.84 Å². The number of piperidine rings is 1. The van der Waals surface area contributed by atoms with E-state index >= 15 is 0 Å². The third-order valence-electron chi connectivity index (χ3n) is 3.54. The molecule has 1 aliphatic rings. The Bertz CT molecular complexity index is 263. The zero-order valence-corrected chi connectivity index (χ0v) is 11.3. The Labute approximate surface area is 108 Å². The number of carboxylic acids is 1. The molecule has 106 valence electrons. The summed E-state index contributed by atoms with van der Waals surface area (Å²) in [6.07, 6.45) is 0.765. The van der Waals surface area contributed by atoms with E-state index < -0.39 is 12.1 Å². The summed E-state index contributed by atoms with van der Waals surface area (Å²) in [6, 6.07) is 0.394. The van der Waals surface area contributed by atoms with Gasteiger partial charge in [-0.3, -0.25) is 9.69 Å². The van der Waals surface area contributed by atoms with Crippen LogP contribution in [0.1, 0.15) is 33.1 Å². The molecule has 1 rings (SSSR count). The van der Waals surface area contributed by atoms with Crippen LogP contribution in [0.15, 0.2) is 0 Å². The van der Waals surface area contributed by atoms with E-state index in [2.05, 4.69) is 18.7 Å². The third kappa shape index (κ3) is 5.31. The summed E-state index contributed by atoms with van der Waals surface area (Å²) in [7, 11) is 0. The number of hydrogen-bond donors (Lipinski definition) is 1. The molecule has 1 aliphatic heterocycles. The van der Waals surface area contributed by atoms with Crippen molar-refractivity contribution in [1.82, 2.24) is 4.90 Å². The fourth-order valence-corrected chi connectivity index (χ4v) is 2.32. The van der Waals surface area contributed by atoms with Crippen molar-refractivity contribution in [2.45, 2.75) is 45.3 Å². The molecule has 0 amide bonds. The van der Waals surface area contributed by atoms with E-state index in [1.54, 1.807) is 0 Å². The Kier molecular flexibility index (Phi) is 6.57. The number of halogens is 1. The quantitative estimate of drug-likeness (QED) is 0.712. The Morgan fingerprint density at radius 1 is 1.56 bits per heavy atom. The lowest BCUT2D eigenvalue weighted by Crippen LogP contribution is -2.47. The molecule has 0 saturated carbocycles. The van der Waals surface area contributed by atoms with Crippen LogP contribution < -0.4 is 0 Å². The zero-order valence-electron chi connectivity index (χ0n) is 11.3. The first-order valence-electron chi connectivity index (χ1n) is 6.70. The molecule has 0 aromatic heterocycles. The number of rotatable bonds is 7. The van der Waals surface area contributed by atoms with Gasteiger partial charge in [-0.15, -0.1) is 0 Å². The van der Waals surface area contributed by atoms with Crippen LogP contribution in [0.4, 0.5) is 4.39 Å². The van der Waals surface area contributed by atoms with Gasteiger partial charge in [0, 0.05) is 19.1 Å². The van der Waals surface area contributed by atoms with Gasteiger partial charge in [0.25, 0.3) is 0 Å². The summed E-state index contributed by atoms with van der Waals surface area (Å²) in [6.45, 7) is 6.25. The summed E-state index contributed by atoms with van der Waals surface area (Å²) in [5.74, 6) is -0.681. The maximum Gasteiger partial charge on any atom is 0.305 e. The average molecular weight is 261 g/mol. The fraction of sp³-hybridized carbons (Fsp3) is 0.923. The smallest absolute Gasteiger partial charge is 0.305 e. The normalized spacial score (nSPS) is 27.1. The van der Waals surface area contributed by atoms with Gasteiger partial charge < -0.3 is 9.84 Å². The van der Waals surface area contributed by atoms with Crippen molar-refractivity contribution >= 4 is 5.97 Å². The molecular weight excluding hydrogens is 237 g/mol. The number of alkyl halides is 1. The van der Waals surface area contributed by atoms with Crippen molar-refractivity contribution in [3.8, 4) is 0 Å². The molecule has 18 heavy (non-hydrogen) atoms. The van der Waals surface area contributed by atoms with Gasteiger partial charge in [0.15, 0.2) is 0 Å². The predicted molar refractivity (Wildman–Crippen MR) is 67.4 cm³/mol. The first-order chi connectivity index (χ1) is 8.52. The van der Waals surface area contributed by atoms with E-state index in [1.807, 2.05) is 0 Å². The van der Waals surface area contributed by atoms with E-state index in [1.165, 1.54) is 0 Å². The molecule has 0 aromatic rings. The van der Waals surface area contributed by atoms with Crippen molar-refractivity contribution in [3.63, 3.8) is 0 Å². The van der Waals surface area contributed by atoms with Crippen LogP contribution in [0, 0.1) is 5.92 Å². The van der Waals surface area contributed by atoms with Gasteiger partial charge in [-0.2, -0.15) is 0 Å². The summed E-state index contributed by atoms with van der Waals surface area (Å²) >= 11 is 0. The fourth-order valence-electron chi connectivity index (χ4n) is 2.32. The SMILES string of the molecule is CCC(C)N1CC(F)CC(COCCC(=O)O)C1. The van der Waals surface area contributed by atoms with Crippen LogP contribution in [-0.2, 0) is 9.53 Å². The highest BCUT2D eigenvalue weighted by molar-refractivity contribution is 5.66. The maximum atomic E-state index is 13.6. The highest BCUT2D eigenvalue weighted by atomic mass is 19.1. The lowest BCUT2D eigenvalue weighted by Gasteiger charge is -2.38. The number of ether oxygens (including phenoxy) is 1. The van der Waals surface area contributed by atoms with Gasteiger partial charge >= 0.3 is 5.97 Å². The lowest BCUT2D eigenvalue weighted by atomic mass is 9.96. The summed E-state index contributed by atoms with van der Waals surface area (Å²) in [5.41, 5.74) is 0. The van der Waals surface area contributed by atoms with Crippen molar-refractivity contribution in [2.75, 3.05) is 26.3 Å². The minimum atomic E-state index is -0.858. The second-order valence-electron chi connectivity index (χ2n) is 5.13. The Hall–Kier alpha value is -0.680. The minimum Gasteiger partial charge on any atom is -0.481 e. The van der Waals surface area contributed by atoms with Gasteiger partial charge in [0.2, 0.25) is 0 Å². The van der Waals surface area contributed by atoms with Crippen LogP contribution in [-0.4, -0.2) is 54.5 Å². The number of hydrogen-bond acceptors (Lipinski definition) is 3. The Balaban J connectivity index is 2.29. The molecule has 0 spiro atoms. The molecule has 3 unspecified atom stereocenters. The monoisotopic (exact) mass is 261 g/mol. The van der Waals surface area contributed by atoms with Gasteiger partial charge in [0.05, 0.1) is 19.6 Å². The third-order valence-corrected chi connectivity index (χ3v) is 3.54. The van der Waals surface area contributed by atoms with Gasteiger partial charge in [-0.05, 0) is 25.7 Å². The highest BCUT2D eigenvalue weighted by Crippen LogP contribution is 2.22. The highest BCUT2D eigenvalue weighted by Gasteiger charge is 2.29. The first kappa shape index (κ1) is 15.4. The molecule has 0 radical (unpaired) electrons. The lowest BCUT2D eigenvalue weighted by molar-refractivity contribution is -0.138. The molecule has 0 aromatic carbocycles. The van der Waals surface area contributed by atoms with Crippen LogP contribution in [0.5, 0.6) is 0 Å². The topological polar surface area (TPSA) is 49.8 Å². The van der Waals surface area contributed by atoms with Crippen LogP contribution in [0.25, 0.3) is 0 Å². The molecular formula is C13H24FNO3. The second kappa shape index (κ2) is 7.69. The largest absolute Gasteiger partial charge is 0.481 e. The Morgan fingerprint density at radius 2 is 2.28 bits per heavy atom. The first-order valence-corrected chi connectivity index (χ1v) is 6.70. The molecule has 0 aliphatic carbocycles. The minimum absolute atomic E-state index is 0.0147.